The minimum Gasteiger partial charge on any atom is -0.276 e. The van der Waals surface area contributed by atoms with Gasteiger partial charge in [-0.3, -0.25) is 14.6 Å². The second-order valence-electron chi connectivity index (χ2n) is 7.36. The Kier molecular flexibility index (Phi) is 13.1. The van der Waals surface area contributed by atoms with Crippen molar-refractivity contribution in [2.45, 2.75) is 53.5 Å². The van der Waals surface area contributed by atoms with Crippen molar-refractivity contribution < 1.29 is 9.59 Å². The average molecular weight is 462 g/mol. The highest BCUT2D eigenvalue weighted by Crippen LogP contribution is 2.21. The summed E-state index contributed by atoms with van der Waals surface area (Å²) in [4.78, 5) is 22.8. The molecule has 0 aliphatic rings. The van der Waals surface area contributed by atoms with E-state index in [1.54, 1.807) is 24.3 Å². The Morgan fingerprint density at radius 3 is 1.86 bits per heavy atom. The van der Waals surface area contributed by atoms with E-state index in [1.165, 1.54) is 16.1 Å². The largest absolute Gasteiger partial charge is 0.276 e. The second kappa shape index (κ2) is 12.9. The third-order valence-electron chi connectivity index (χ3n) is 4.45. The molecule has 1 amide bonds. The van der Waals surface area contributed by atoms with Crippen LogP contribution in [0.25, 0.3) is 0 Å². The zero-order valence-electron chi connectivity index (χ0n) is 17.8. The molecule has 0 aliphatic carbocycles. The molecule has 0 saturated carbocycles. The minimum atomic E-state index is -0.407. The van der Waals surface area contributed by atoms with Crippen molar-refractivity contribution in [1.82, 2.24) is 5.01 Å². The number of amides is 1. The van der Waals surface area contributed by atoms with Crippen molar-refractivity contribution in [1.29, 1.82) is 0 Å². The second-order valence-corrected chi connectivity index (χ2v) is 7.70. The molecule has 2 N–H and O–H groups in total. The first-order valence-electron chi connectivity index (χ1n) is 8.93. The van der Waals surface area contributed by atoms with Gasteiger partial charge in [0.25, 0.3) is 11.1 Å². The summed E-state index contributed by atoms with van der Waals surface area (Å²) in [5.41, 5.74) is 4.36. The summed E-state index contributed by atoms with van der Waals surface area (Å²) in [6, 6.07) is 12.6. The number of aryl methyl sites for hydroxylation is 1. The van der Waals surface area contributed by atoms with E-state index in [2.05, 4.69) is 13.8 Å². The van der Waals surface area contributed by atoms with E-state index in [1.807, 2.05) is 45.9 Å². The maximum absolute atomic E-state index is 12.4. The molecule has 0 aliphatic heterocycles. The molecule has 7 heteroatoms. The summed E-state index contributed by atoms with van der Waals surface area (Å²) < 4.78 is 0. The number of nitrogens with zero attached hydrogens (tertiary/aromatic N) is 1. The Morgan fingerprint density at radius 1 is 0.966 bits per heavy atom. The molecule has 0 fully saturated rings. The lowest BCUT2D eigenvalue weighted by atomic mass is 9.95. The maximum atomic E-state index is 12.4. The fourth-order valence-electron chi connectivity index (χ4n) is 2.50. The van der Waals surface area contributed by atoms with E-state index in [4.69, 9.17) is 17.4 Å². The molecule has 0 radical (unpaired) electrons. The number of carbonyl (C=O) groups excluding carboxylic acids is 2. The van der Waals surface area contributed by atoms with Crippen molar-refractivity contribution >= 4 is 47.6 Å². The summed E-state index contributed by atoms with van der Waals surface area (Å²) >= 11 is 5.16. The van der Waals surface area contributed by atoms with Gasteiger partial charge in [-0.25, -0.2) is 5.84 Å². The molecule has 0 heterocycles. The average Bonchev–Trinajstić information content (AvgIpc) is 2.63. The smallest absolute Gasteiger partial charge is 0.268 e. The molecule has 2 rings (SSSR count). The van der Waals surface area contributed by atoms with Crippen LogP contribution in [0.3, 0.4) is 0 Å². The van der Waals surface area contributed by atoms with E-state index in [-0.39, 0.29) is 36.3 Å². The third kappa shape index (κ3) is 8.35. The number of nitrogens with two attached hydrogens (primary N) is 1. The van der Waals surface area contributed by atoms with Crippen LogP contribution >= 0.6 is 36.4 Å². The van der Waals surface area contributed by atoms with E-state index in [9.17, 15) is 9.59 Å². The van der Waals surface area contributed by atoms with Crippen molar-refractivity contribution in [2.75, 3.05) is 0 Å². The summed E-state index contributed by atoms with van der Waals surface area (Å²) in [5, 5.41) is 0.899. The third-order valence-corrected chi connectivity index (χ3v) is 4.67. The summed E-state index contributed by atoms with van der Waals surface area (Å²) in [6.45, 7) is 11.9. The van der Waals surface area contributed by atoms with E-state index < -0.39 is 5.24 Å². The first-order valence-corrected chi connectivity index (χ1v) is 9.31. The van der Waals surface area contributed by atoms with Gasteiger partial charge in [0.15, 0.2) is 0 Å². The van der Waals surface area contributed by atoms with Gasteiger partial charge in [0.05, 0.1) is 5.54 Å². The van der Waals surface area contributed by atoms with Crippen LogP contribution in [0.1, 0.15) is 65.1 Å². The zero-order valence-corrected chi connectivity index (χ0v) is 20.2. The van der Waals surface area contributed by atoms with Gasteiger partial charge in [0, 0.05) is 11.1 Å². The van der Waals surface area contributed by atoms with Gasteiger partial charge in [-0.2, -0.15) is 0 Å². The van der Waals surface area contributed by atoms with Crippen molar-refractivity contribution in [2.24, 2.45) is 5.84 Å². The van der Waals surface area contributed by atoms with Crippen LogP contribution in [0.2, 0.25) is 0 Å². The molecule has 0 bridgehead atoms. The minimum absolute atomic E-state index is 0. The molecule has 0 spiro atoms. The topological polar surface area (TPSA) is 63.4 Å². The lowest BCUT2D eigenvalue weighted by Gasteiger charge is -2.31. The molecular weight excluding hydrogens is 431 g/mol. The number of carbonyl (C=O) groups is 2. The Morgan fingerprint density at radius 2 is 1.48 bits per heavy atom. The quantitative estimate of drug-likeness (QED) is 0.268. The molecule has 29 heavy (non-hydrogen) atoms. The summed E-state index contributed by atoms with van der Waals surface area (Å²) in [5.74, 6) is 5.78. The van der Waals surface area contributed by atoms with E-state index in [0.717, 1.165) is 12.0 Å². The molecule has 0 unspecified atom stereocenters. The SMILES string of the molecule is CCc1ccc(C(=O)N(N)C(C)(C)C)c(C)c1C.Cl.Cl.O=C(Cl)c1ccccc1. The van der Waals surface area contributed by atoms with Crippen LogP contribution in [-0.2, 0) is 6.42 Å². The van der Waals surface area contributed by atoms with Crippen molar-refractivity contribution in [3.8, 4) is 0 Å². The number of hydrogen-bond donors (Lipinski definition) is 1. The Bertz CT molecular complexity index is 804. The normalized spacial score (nSPS) is 9.93. The van der Waals surface area contributed by atoms with Gasteiger partial charge < -0.3 is 0 Å². The maximum Gasteiger partial charge on any atom is 0.268 e. The zero-order chi connectivity index (χ0) is 20.8. The lowest BCUT2D eigenvalue weighted by Crippen LogP contribution is -2.50. The summed E-state index contributed by atoms with van der Waals surface area (Å²) in [6.07, 6.45) is 0.979. The van der Waals surface area contributed by atoms with Crippen LogP contribution in [-0.4, -0.2) is 21.7 Å². The highest BCUT2D eigenvalue weighted by molar-refractivity contribution is 6.67. The van der Waals surface area contributed by atoms with Gasteiger partial charge in [-0.15, -0.1) is 24.8 Å². The van der Waals surface area contributed by atoms with E-state index >= 15 is 0 Å². The van der Waals surface area contributed by atoms with Crippen LogP contribution in [0.5, 0.6) is 0 Å². The van der Waals surface area contributed by atoms with Crippen molar-refractivity contribution in [3.05, 3.63) is 70.3 Å². The van der Waals surface area contributed by atoms with E-state index in [0.29, 0.717) is 11.1 Å². The summed E-state index contributed by atoms with van der Waals surface area (Å²) in [7, 11) is 0. The Balaban J connectivity index is 0. The molecule has 2 aromatic carbocycles. The first kappa shape index (κ1) is 29.6. The number of hydrogen-bond acceptors (Lipinski definition) is 3. The number of hydrazine groups is 1. The van der Waals surface area contributed by atoms with Gasteiger partial charge in [0.2, 0.25) is 0 Å². The van der Waals surface area contributed by atoms with Crippen LogP contribution in [0.15, 0.2) is 42.5 Å². The Labute approximate surface area is 191 Å². The first-order chi connectivity index (χ1) is 12.5. The van der Waals surface area contributed by atoms with Crippen molar-refractivity contribution in [3.63, 3.8) is 0 Å². The highest BCUT2D eigenvalue weighted by atomic mass is 35.5. The number of benzene rings is 2. The van der Waals surface area contributed by atoms with Crippen LogP contribution < -0.4 is 5.84 Å². The Hall–Kier alpha value is -1.59. The fourth-order valence-corrected chi connectivity index (χ4v) is 2.62. The molecule has 0 saturated heterocycles. The van der Waals surface area contributed by atoms with Gasteiger partial charge >= 0.3 is 0 Å². The molecular formula is C22H31Cl3N2O2. The van der Waals surface area contributed by atoms with Crippen LogP contribution in [0.4, 0.5) is 0 Å². The lowest BCUT2D eigenvalue weighted by molar-refractivity contribution is 0.0581. The highest BCUT2D eigenvalue weighted by Gasteiger charge is 2.25. The molecule has 4 nitrogen and oxygen atoms in total. The molecule has 0 aromatic heterocycles. The monoisotopic (exact) mass is 460 g/mol. The van der Waals surface area contributed by atoms with Gasteiger partial charge in [-0.1, -0.05) is 43.3 Å². The standard InChI is InChI=1S/C15H24N2O.C7H5ClO.2ClH/c1-7-12-8-9-13(11(3)10(12)2)14(18)17(16)15(4,5)6;8-7(9)6-4-2-1-3-5-6;;/h8-9H,7,16H2,1-6H3;1-5H;2*1H. The predicted molar refractivity (Wildman–Crippen MR) is 127 cm³/mol. The molecule has 2 aromatic rings. The number of halogens is 3. The van der Waals surface area contributed by atoms with Gasteiger partial charge in [0.1, 0.15) is 0 Å². The number of rotatable bonds is 3. The van der Waals surface area contributed by atoms with Gasteiger partial charge in [-0.05, 0) is 75.4 Å². The molecule has 162 valence electrons. The van der Waals surface area contributed by atoms with Crippen LogP contribution in [0, 0.1) is 13.8 Å². The molecule has 0 atom stereocenters. The fraction of sp³-hybridized carbons (Fsp3) is 0.364. The predicted octanol–water partition coefficient (Wildman–Crippen LogP) is 5.89.